The molecule has 2 atom stereocenters. The smallest absolute Gasteiger partial charge is 0.225 e. The Balaban J connectivity index is 2.48. The fourth-order valence-corrected chi connectivity index (χ4v) is 2.63. The molecule has 0 aromatic heterocycles. The van der Waals surface area contributed by atoms with Crippen LogP contribution in [0.2, 0.25) is 0 Å². The Morgan fingerprint density at radius 3 is 2.82 bits per heavy atom. The van der Waals surface area contributed by atoms with Crippen LogP contribution in [0.5, 0.6) is 0 Å². The predicted molar refractivity (Wildman–Crippen MR) is 69.7 cm³/mol. The molecule has 0 radical (unpaired) electrons. The Bertz CT molecular complexity index is 230. The van der Waals surface area contributed by atoms with Gasteiger partial charge in [0.25, 0.3) is 0 Å². The highest BCUT2D eigenvalue weighted by molar-refractivity contribution is 5.78. The lowest BCUT2D eigenvalue weighted by atomic mass is 9.94. The Labute approximate surface area is 105 Å². The van der Waals surface area contributed by atoms with Crippen molar-refractivity contribution in [3.05, 3.63) is 0 Å². The van der Waals surface area contributed by atoms with E-state index in [0.29, 0.717) is 11.8 Å². The first-order valence-electron chi connectivity index (χ1n) is 7.12. The van der Waals surface area contributed by atoms with Crippen molar-refractivity contribution in [1.29, 1.82) is 0 Å². The van der Waals surface area contributed by atoms with Crippen LogP contribution in [0.3, 0.4) is 0 Å². The lowest BCUT2D eigenvalue weighted by molar-refractivity contribution is -0.138. The Morgan fingerprint density at radius 1 is 1.47 bits per heavy atom. The van der Waals surface area contributed by atoms with Crippen molar-refractivity contribution in [3.63, 3.8) is 0 Å². The number of hydrogen-bond acceptors (Lipinski definition) is 2. The number of nitrogens with zero attached hydrogens (tertiary/aromatic N) is 1. The molecule has 0 unspecified atom stereocenters. The molecule has 1 aliphatic rings. The predicted octanol–water partition coefficient (Wildman–Crippen LogP) is 2.43. The first-order valence-corrected chi connectivity index (χ1v) is 7.12. The lowest BCUT2D eigenvalue weighted by Crippen LogP contribution is -2.43. The molecule has 100 valence electrons. The molecule has 0 aliphatic carbocycles. The van der Waals surface area contributed by atoms with E-state index in [4.69, 9.17) is 0 Å². The summed E-state index contributed by atoms with van der Waals surface area (Å²) in [4.78, 5) is 14.3. The summed E-state index contributed by atoms with van der Waals surface area (Å²) < 4.78 is 0. The van der Waals surface area contributed by atoms with Gasteiger partial charge in [-0.05, 0) is 31.6 Å². The highest BCUT2D eigenvalue weighted by Crippen LogP contribution is 2.21. The van der Waals surface area contributed by atoms with Crippen LogP contribution >= 0.6 is 0 Å². The van der Waals surface area contributed by atoms with Gasteiger partial charge < -0.3 is 10.0 Å². The molecule has 3 nitrogen and oxygen atoms in total. The Morgan fingerprint density at radius 2 is 2.24 bits per heavy atom. The average molecular weight is 241 g/mol. The zero-order valence-electron chi connectivity index (χ0n) is 11.3. The number of rotatable bonds is 6. The van der Waals surface area contributed by atoms with Gasteiger partial charge in [-0.1, -0.05) is 26.7 Å². The number of aliphatic hydroxyl groups is 1. The lowest BCUT2D eigenvalue weighted by Gasteiger charge is -2.34. The molecule has 0 aromatic rings. The molecule has 0 saturated carbocycles. The molecule has 17 heavy (non-hydrogen) atoms. The van der Waals surface area contributed by atoms with Crippen molar-refractivity contribution in [1.82, 2.24) is 4.90 Å². The van der Waals surface area contributed by atoms with Gasteiger partial charge in [0, 0.05) is 25.6 Å². The summed E-state index contributed by atoms with van der Waals surface area (Å²) in [7, 11) is 0. The minimum atomic E-state index is 0.201. The van der Waals surface area contributed by atoms with E-state index in [2.05, 4.69) is 13.8 Å². The topological polar surface area (TPSA) is 40.5 Å². The molecule has 1 rings (SSSR count). The summed E-state index contributed by atoms with van der Waals surface area (Å²) in [6, 6.07) is 0. The fraction of sp³-hybridized carbons (Fsp3) is 0.929. The van der Waals surface area contributed by atoms with E-state index in [0.717, 1.165) is 51.6 Å². The third kappa shape index (κ3) is 4.30. The van der Waals surface area contributed by atoms with Gasteiger partial charge in [-0.3, -0.25) is 4.79 Å². The molecule has 0 aromatic carbocycles. The number of amides is 1. The van der Waals surface area contributed by atoms with E-state index in [9.17, 15) is 9.90 Å². The molecule has 1 saturated heterocycles. The van der Waals surface area contributed by atoms with Crippen LogP contribution in [0.25, 0.3) is 0 Å². The monoisotopic (exact) mass is 241 g/mol. The van der Waals surface area contributed by atoms with Gasteiger partial charge in [-0.25, -0.2) is 0 Å². The summed E-state index contributed by atoms with van der Waals surface area (Å²) in [5.41, 5.74) is 0. The van der Waals surface area contributed by atoms with Crippen LogP contribution in [0.1, 0.15) is 52.4 Å². The van der Waals surface area contributed by atoms with E-state index in [1.807, 2.05) is 4.90 Å². The number of likely N-dealkylation sites (tertiary alicyclic amines) is 1. The third-order valence-electron chi connectivity index (χ3n) is 3.84. The minimum absolute atomic E-state index is 0.201. The SMILES string of the molecule is CCCC[C@H](CC)C(=O)N1CCC[C@@H](CO)C1. The second-order valence-electron chi connectivity index (χ2n) is 5.22. The van der Waals surface area contributed by atoms with Gasteiger partial charge in [0.05, 0.1) is 0 Å². The minimum Gasteiger partial charge on any atom is -0.396 e. The fourth-order valence-electron chi connectivity index (χ4n) is 2.63. The van der Waals surface area contributed by atoms with Crippen molar-refractivity contribution < 1.29 is 9.90 Å². The molecular formula is C14H27NO2. The van der Waals surface area contributed by atoms with Crippen molar-refractivity contribution >= 4 is 5.91 Å². The zero-order chi connectivity index (χ0) is 12.7. The van der Waals surface area contributed by atoms with Crippen LogP contribution in [-0.4, -0.2) is 35.6 Å². The van der Waals surface area contributed by atoms with Crippen molar-refractivity contribution in [2.24, 2.45) is 11.8 Å². The Hall–Kier alpha value is -0.570. The molecule has 3 heteroatoms. The summed E-state index contributed by atoms with van der Waals surface area (Å²) in [6.07, 6.45) is 6.36. The maximum atomic E-state index is 12.3. The second kappa shape index (κ2) is 7.70. The Kier molecular flexibility index (Phi) is 6.56. The van der Waals surface area contributed by atoms with Gasteiger partial charge in [0.1, 0.15) is 0 Å². The van der Waals surface area contributed by atoms with Crippen molar-refractivity contribution in [3.8, 4) is 0 Å². The van der Waals surface area contributed by atoms with Gasteiger partial charge in [0.15, 0.2) is 0 Å². The largest absolute Gasteiger partial charge is 0.396 e. The first kappa shape index (κ1) is 14.5. The summed E-state index contributed by atoms with van der Waals surface area (Å²) in [5.74, 6) is 0.822. The molecular weight excluding hydrogens is 214 g/mol. The van der Waals surface area contributed by atoms with Crippen LogP contribution in [-0.2, 0) is 4.79 Å². The zero-order valence-corrected chi connectivity index (χ0v) is 11.3. The number of carbonyl (C=O) groups excluding carboxylic acids is 1. The maximum Gasteiger partial charge on any atom is 0.225 e. The van der Waals surface area contributed by atoms with Gasteiger partial charge in [-0.15, -0.1) is 0 Å². The van der Waals surface area contributed by atoms with Crippen LogP contribution in [0.4, 0.5) is 0 Å². The first-order chi connectivity index (χ1) is 8.22. The van der Waals surface area contributed by atoms with Crippen molar-refractivity contribution in [2.75, 3.05) is 19.7 Å². The number of carbonyl (C=O) groups is 1. The maximum absolute atomic E-state index is 12.3. The third-order valence-corrected chi connectivity index (χ3v) is 3.84. The normalized spacial score (nSPS) is 22.5. The molecule has 1 fully saturated rings. The van der Waals surface area contributed by atoms with Crippen LogP contribution < -0.4 is 0 Å². The van der Waals surface area contributed by atoms with Crippen molar-refractivity contribution in [2.45, 2.75) is 52.4 Å². The van der Waals surface area contributed by atoms with E-state index < -0.39 is 0 Å². The summed E-state index contributed by atoms with van der Waals surface area (Å²) in [5, 5.41) is 9.19. The van der Waals surface area contributed by atoms with Gasteiger partial charge in [-0.2, -0.15) is 0 Å². The molecule has 1 amide bonds. The van der Waals surface area contributed by atoms with E-state index in [-0.39, 0.29) is 12.5 Å². The highest BCUT2D eigenvalue weighted by Gasteiger charge is 2.27. The highest BCUT2D eigenvalue weighted by atomic mass is 16.3. The standard InChI is InChI=1S/C14H27NO2/c1-3-5-8-13(4-2)14(17)15-9-6-7-12(10-15)11-16/h12-13,16H,3-11H2,1-2H3/t12-,13+/m1/s1. The van der Waals surface area contributed by atoms with Crippen LogP contribution in [0.15, 0.2) is 0 Å². The summed E-state index contributed by atoms with van der Waals surface area (Å²) in [6.45, 7) is 6.14. The number of piperidine rings is 1. The van der Waals surface area contributed by atoms with Crippen LogP contribution in [0, 0.1) is 11.8 Å². The average Bonchev–Trinajstić information content (AvgIpc) is 2.39. The summed E-state index contributed by atoms with van der Waals surface area (Å²) >= 11 is 0. The molecule has 0 spiro atoms. The molecule has 1 aliphatic heterocycles. The molecule has 1 heterocycles. The molecule has 0 bridgehead atoms. The number of unbranched alkanes of at least 4 members (excludes halogenated alkanes) is 1. The van der Waals surface area contributed by atoms with E-state index in [1.54, 1.807) is 0 Å². The van der Waals surface area contributed by atoms with Gasteiger partial charge in [0.2, 0.25) is 5.91 Å². The second-order valence-corrected chi connectivity index (χ2v) is 5.22. The van der Waals surface area contributed by atoms with E-state index in [1.165, 1.54) is 0 Å². The van der Waals surface area contributed by atoms with Gasteiger partial charge >= 0.3 is 0 Å². The molecule has 1 N–H and O–H groups in total. The quantitative estimate of drug-likeness (QED) is 0.776. The van der Waals surface area contributed by atoms with E-state index >= 15 is 0 Å². The number of aliphatic hydroxyl groups excluding tert-OH is 1. The number of hydrogen-bond donors (Lipinski definition) is 1.